The highest BCUT2D eigenvalue weighted by atomic mass is 16.5. The highest BCUT2D eigenvalue weighted by Crippen LogP contribution is 2.19. The average molecular weight is 670 g/mol. The van der Waals surface area contributed by atoms with E-state index >= 15 is 0 Å². The summed E-state index contributed by atoms with van der Waals surface area (Å²) in [6, 6.07) is 35.1. The standard InChI is InChI=1S/C48H63NO/c1-41-22-24-44(25-23-41)38-45-30-26-42(27-31-45)20-18-16-14-12-10-8-6-4-2-3-5-7-9-11-13-15-17-19-21-43-28-32-46(33-29-43)39-47-34-36-48(37-35-47)50-40-49/h22-37H,2-21,38-39H2,1H3. The zero-order valence-electron chi connectivity index (χ0n) is 31.1. The number of ether oxygens (including phenoxy) is 1. The van der Waals surface area contributed by atoms with Gasteiger partial charge in [0.15, 0.2) is 0 Å². The Kier molecular flexibility index (Phi) is 19.0. The van der Waals surface area contributed by atoms with Crippen LogP contribution < -0.4 is 4.74 Å². The molecular formula is C48H63NO. The summed E-state index contributed by atoms with van der Waals surface area (Å²) >= 11 is 0. The van der Waals surface area contributed by atoms with E-state index in [1.807, 2.05) is 24.3 Å². The van der Waals surface area contributed by atoms with Crippen LogP contribution in [-0.4, -0.2) is 0 Å². The van der Waals surface area contributed by atoms with Crippen molar-refractivity contribution in [3.05, 3.63) is 136 Å². The van der Waals surface area contributed by atoms with Gasteiger partial charge in [0.25, 0.3) is 6.26 Å². The summed E-state index contributed by atoms with van der Waals surface area (Å²) in [4.78, 5) is 0. The van der Waals surface area contributed by atoms with Crippen LogP contribution in [0.4, 0.5) is 0 Å². The zero-order chi connectivity index (χ0) is 34.9. The van der Waals surface area contributed by atoms with E-state index < -0.39 is 0 Å². The third-order valence-corrected chi connectivity index (χ3v) is 10.3. The molecule has 0 spiro atoms. The minimum atomic E-state index is 0.596. The highest BCUT2D eigenvalue weighted by Gasteiger charge is 2.02. The number of aryl methyl sites for hydroxylation is 3. The van der Waals surface area contributed by atoms with E-state index in [2.05, 4.69) is 79.7 Å². The molecule has 0 atom stereocenters. The van der Waals surface area contributed by atoms with Crippen LogP contribution in [0.1, 0.15) is 155 Å². The van der Waals surface area contributed by atoms with Crippen molar-refractivity contribution >= 4 is 0 Å². The fourth-order valence-corrected chi connectivity index (χ4v) is 7.04. The molecule has 2 heteroatoms. The number of nitrogens with zero attached hydrogens (tertiary/aromatic N) is 1. The second-order valence-electron chi connectivity index (χ2n) is 14.7. The molecule has 0 heterocycles. The summed E-state index contributed by atoms with van der Waals surface area (Å²) in [6.07, 6.45) is 31.4. The van der Waals surface area contributed by atoms with E-state index in [9.17, 15) is 0 Å². The number of hydrogen-bond acceptors (Lipinski definition) is 2. The van der Waals surface area contributed by atoms with Gasteiger partial charge in [-0.2, -0.15) is 0 Å². The van der Waals surface area contributed by atoms with E-state index in [-0.39, 0.29) is 0 Å². The van der Waals surface area contributed by atoms with Gasteiger partial charge in [-0.25, -0.2) is 0 Å². The van der Waals surface area contributed by atoms with Crippen LogP contribution in [0.15, 0.2) is 97.1 Å². The van der Waals surface area contributed by atoms with Gasteiger partial charge in [0.2, 0.25) is 0 Å². The Morgan fingerprint density at radius 2 is 0.620 bits per heavy atom. The van der Waals surface area contributed by atoms with Gasteiger partial charge in [-0.1, -0.05) is 193 Å². The van der Waals surface area contributed by atoms with Crippen LogP contribution in [0, 0.1) is 18.4 Å². The van der Waals surface area contributed by atoms with Gasteiger partial charge in [-0.3, -0.25) is 0 Å². The molecule has 0 N–H and O–H groups in total. The molecule has 2 nitrogen and oxygen atoms in total. The van der Waals surface area contributed by atoms with Crippen molar-refractivity contribution in [2.75, 3.05) is 0 Å². The van der Waals surface area contributed by atoms with E-state index in [0.717, 1.165) is 12.8 Å². The number of hydrogen-bond donors (Lipinski definition) is 0. The molecule has 4 rings (SSSR count). The maximum Gasteiger partial charge on any atom is 0.292 e. The molecule has 4 aromatic carbocycles. The van der Waals surface area contributed by atoms with Crippen molar-refractivity contribution in [2.24, 2.45) is 0 Å². The summed E-state index contributed by atoms with van der Waals surface area (Å²) in [5, 5.41) is 8.62. The lowest BCUT2D eigenvalue weighted by Gasteiger charge is -2.06. The van der Waals surface area contributed by atoms with E-state index in [0.29, 0.717) is 5.75 Å². The largest absolute Gasteiger partial charge is 0.388 e. The van der Waals surface area contributed by atoms with Gasteiger partial charge < -0.3 is 4.74 Å². The van der Waals surface area contributed by atoms with Crippen LogP contribution in [0.3, 0.4) is 0 Å². The topological polar surface area (TPSA) is 33.0 Å². The van der Waals surface area contributed by atoms with E-state index in [4.69, 9.17) is 10.00 Å². The van der Waals surface area contributed by atoms with Crippen molar-refractivity contribution < 1.29 is 4.74 Å². The minimum absolute atomic E-state index is 0.596. The lowest BCUT2D eigenvalue weighted by atomic mass is 10.00. The van der Waals surface area contributed by atoms with Gasteiger partial charge in [0.05, 0.1) is 0 Å². The molecule has 0 saturated heterocycles. The molecule has 0 amide bonds. The zero-order valence-corrected chi connectivity index (χ0v) is 31.1. The molecule has 0 saturated carbocycles. The first-order valence-electron chi connectivity index (χ1n) is 20.0. The molecule has 50 heavy (non-hydrogen) atoms. The van der Waals surface area contributed by atoms with Gasteiger partial charge in [0, 0.05) is 0 Å². The number of nitriles is 1. The van der Waals surface area contributed by atoms with E-state index in [1.54, 1.807) is 6.26 Å². The Hall–Kier alpha value is -3.83. The monoisotopic (exact) mass is 669 g/mol. The van der Waals surface area contributed by atoms with Crippen molar-refractivity contribution in [3.8, 4) is 12.0 Å². The Morgan fingerprint density at radius 3 is 0.940 bits per heavy atom. The maximum atomic E-state index is 8.62. The average Bonchev–Trinajstić information content (AvgIpc) is 3.14. The first kappa shape index (κ1) is 39.0. The van der Waals surface area contributed by atoms with Gasteiger partial charge in [0.1, 0.15) is 5.75 Å². The third-order valence-electron chi connectivity index (χ3n) is 10.3. The predicted octanol–water partition coefficient (Wildman–Crippen LogP) is 13.8. The third kappa shape index (κ3) is 16.7. The van der Waals surface area contributed by atoms with Gasteiger partial charge >= 0.3 is 0 Å². The summed E-state index contributed by atoms with van der Waals surface area (Å²) in [5.74, 6) is 0.596. The molecule has 0 bridgehead atoms. The van der Waals surface area contributed by atoms with Crippen LogP contribution >= 0.6 is 0 Å². The molecule has 0 aliphatic carbocycles. The van der Waals surface area contributed by atoms with Gasteiger partial charge in [-0.05, 0) is 91.0 Å². The smallest absolute Gasteiger partial charge is 0.292 e. The predicted molar refractivity (Wildman–Crippen MR) is 213 cm³/mol. The molecule has 0 radical (unpaired) electrons. The molecule has 266 valence electrons. The van der Waals surface area contributed by atoms with Crippen LogP contribution in [-0.2, 0) is 25.7 Å². The molecule has 0 aromatic heterocycles. The fourth-order valence-electron chi connectivity index (χ4n) is 7.04. The maximum absolute atomic E-state index is 8.62. The second kappa shape index (κ2) is 24.3. The normalized spacial score (nSPS) is 11.0. The molecule has 4 aromatic rings. The Bertz CT molecular complexity index is 1460. The highest BCUT2D eigenvalue weighted by molar-refractivity contribution is 5.33. The Labute approximate surface area is 305 Å². The lowest BCUT2D eigenvalue weighted by molar-refractivity contribution is 0.507. The Morgan fingerprint density at radius 1 is 0.360 bits per heavy atom. The summed E-state index contributed by atoms with van der Waals surface area (Å²) in [6.45, 7) is 2.15. The lowest BCUT2D eigenvalue weighted by Crippen LogP contribution is -1.91. The SMILES string of the molecule is Cc1ccc(Cc2ccc(CCCCCCCCCCCCCCCCCCCCc3ccc(Cc4ccc(OC#N)cc4)cc3)cc2)cc1. The Balaban J connectivity index is 0.862. The molecule has 0 fully saturated rings. The molecule has 0 unspecified atom stereocenters. The quantitative estimate of drug-likeness (QED) is 0.0492. The van der Waals surface area contributed by atoms with Crippen molar-refractivity contribution in [2.45, 2.75) is 148 Å². The number of unbranched alkanes of at least 4 members (excludes halogenated alkanes) is 17. The van der Waals surface area contributed by atoms with Crippen LogP contribution in [0.5, 0.6) is 5.75 Å². The second-order valence-corrected chi connectivity index (χ2v) is 14.7. The number of benzene rings is 4. The van der Waals surface area contributed by atoms with Crippen LogP contribution in [0.2, 0.25) is 0 Å². The first-order chi connectivity index (χ1) is 24.7. The van der Waals surface area contributed by atoms with Gasteiger partial charge in [-0.15, -0.1) is 5.26 Å². The molecular weight excluding hydrogens is 607 g/mol. The molecule has 0 aliphatic rings. The van der Waals surface area contributed by atoms with Crippen molar-refractivity contribution in [3.63, 3.8) is 0 Å². The van der Waals surface area contributed by atoms with Crippen LogP contribution in [0.25, 0.3) is 0 Å². The summed E-state index contributed by atoms with van der Waals surface area (Å²) in [5.41, 5.74) is 9.64. The number of rotatable bonds is 26. The van der Waals surface area contributed by atoms with Crippen molar-refractivity contribution in [1.29, 1.82) is 5.26 Å². The summed E-state index contributed by atoms with van der Waals surface area (Å²) < 4.78 is 4.86. The molecule has 0 aliphatic heterocycles. The minimum Gasteiger partial charge on any atom is -0.388 e. The van der Waals surface area contributed by atoms with Crippen molar-refractivity contribution in [1.82, 2.24) is 0 Å². The van der Waals surface area contributed by atoms with E-state index in [1.165, 1.54) is 167 Å². The summed E-state index contributed by atoms with van der Waals surface area (Å²) in [7, 11) is 0. The fraction of sp³-hybridized carbons (Fsp3) is 0.479. The first-order valence-corrected chi connectivity index (χ1v) is 20.0.